The van der Waals surface area contributed by atoms with E-state index in [4.69, 9.17) is 4.74 Å². The van der Waals surface area contributed by atoms with Crippen molar-refractivity contribution < 1.29 is 4.74 Å². The number of hydrogen-bond donors (Lipinski definition) is 0. The van der Waals surface area contributed by atoms with Crippen LogP contribution in [0, 0.1) is 5.41 Å². The zero-order valence-corrected chi connectivity index (χ0v) is 9.60. The third kappa shape index (κ3) is 5.87. The van der Waals surface area contributed by atoms with Crippen LogP contribution in [0.3, 0.4) is 0 Å². The van der Waals surface area contributed by atoms with E-state index in [1.54, 1.807) is 0 Å². The first-order valence-corrected chi connectivity index (χ1v) is 5.24. The number of unbranched alkanes of at least 4 members (excludes halogenated alkanes) is 1. The lowest BCUT2D eigenvalue weighted by atomic mass is 9.87. The third-order valence-corrected chi connectivity index (χ3v) is 2.16. The lowest BCUT2D eigenvalue weighted by molar-refractivity contribution is -0.0164. The van der Waals surface area contributed by atoms with Gasteiger partial charge in [-0.1, -0.05) is 40.2 Å². The molecule has 0 radical (unpaired) electrons. The second kappa shape index (κ2) is 6.20. The minimum atomic E-state index is 0.224. The van der Waals surface area contributed by atoms with Crippen molar-refractivity contribution in [1.29, 1.82) is 0 Å². The van der Waals surface area contributed by atoms with E-state index < -0.39 is 0 Å². The Kier molecular flexibility index (Phi) is 6.06. The van der Waals surface area contributed by atoms with Gasteiger partial charge in [-0.05, 0) is 18.3 Å². The largest absolute Gasteiger partial charge is 0.377 e. The lowest BCUT2D eigenvalue weighted by Gasteiger charge is -2.29. The quantitative estimate of drug-likeness (QED) is 0.451. The normalized spacial score (nSPS) is 14.2. The van der Waals surface area contributed by atoms with Crippen LogP contribution in [0.4, 0.5) is 0 Å². The third-order valence-electron chi connectivity index (χ3n) is 2.16. The van der Waals surface area contributed by atoms with E-state index in [1.165, 1.54) is 6.42 Å². The topological polar surface area (TPSA) is 9.23 Å². The van der Waals surface area contributed by atoms with Crippen LogP contribution in [-0.4, -0.2) is 12.7 Å². The van der Waals surface area contributed by atoms with Gasteiger partial charge in [0.25, 0.3) is 0 Å². The molecule has 0 aromatic rings. The fraction of sp³-hybridized carbons (Fsp3) is 0.833. The Balaban J connectivity index is 3.87. The Bertz CT molecular complexity index is 133. The molecule has 0 saturated carbocycles. The Morgan fingerprint density at radius 3 is 2.38 bits per heavy atom. The van der Waals surface area contributed by atoms with E-state index in [9.17, 15) is 0 Å². The molecular formula is C12H24O. The fourth-order valence-electron chi connectivity index (χ4n) is 1.19. The zero-order valence-electron chi connectivity index (χ0n) is 9.60. The second-order valence-electron chi connectivity index (χ2n) is 4.60. The molecular weight excluding hydrogens is 160 g/mol. The molecule has 1 heteroatoms. The summed E-state index contributed by atoms with van der Waals surface area (Å²) in [6.07, 6.45) is 5.57. The monoisotopic (exact) mass is 184 g/mol. The first-order chi connectivity index (χ1) is 6.02. The van der Waals surface area contributed by atoms with Gasteiger partial charge in [-0.15, -0.1) is 6.58 Å². The molecule has 0 fully saturated rings. The van der Waals surface area contributed by atoms with Crippen molar-refractivity contribution in [3.63, 3.8) is 0 Å². The molecule has 0 bridgehead atoms. The smallest absolute Gasteiger partial charge is 0.0657 e. The predicted molar refractivity (Wildman–Crippen MR) is 58.9 cm³/mol. The summed E-state index contributed by atoms with van der Waals surface area (Å²) in [5.74, 6) is 0. The van der Waals surface area contributed by atoms with Crippen LogP contribution in [0.5, 0.6) is 0 Å². The summed E-state index contributed by atoms with van der Waals surface area (Å²) >= 11 is 0. The van der Waals surface area contributed by atoms with Gasteiger partial charge in [-0.3, -0.25) is 0 Å². The van der Waals surface area contributed by atoms with Crippen LogP contribution in [0.15, 0.2) is 12.7 Å². The van der Waals surface area contributed by atoms with E-state index in [1.807, 2.05) is 6.08 Å². The highest BCUT2D eigenvalue weighted by molar-refractivity contribution is 4.82. The molecule has 0 aliphatic carbocycles. The van der Waals surface area contributed by atoms with Crippen molar-refractivity contribution in [2.24, 2.45) is 5.41 Å². The molecule has 0 aliphatic heterocycles. The lowest BCUT2D eigenvalue weighted by Crippen LogP contribution is -2.29. The van der Waals surface area contributed by atoms with Crippen LogP contribution >= 0.6 is 0 Å². The summed E-state index contributed by atoms with van der Waals surface area (Å²) in [4.78, 5) is 0. The van der Waals surface area contributed by atoms with Crippen LogP contribution in [0.1, 0.15) is 47.0 Å². The number of rotatable bonds is 6. The standard InChI is InChI=1S/C12H24O/c1-6-8-10-13-11(9-7-2)12(3,4)5/h7,11H,2,6,8-10H2,1,3-5H3. The average Bonchev–Trinajstić information content (AvgIpc) is 2.01. The molecule has 0 spiro atoms. The maximum atomic E-state index is 5.82. The highest BCUT2D eigenvalue weighted by Crippen LogP contribution is 2.25. The Labute approximate surface area is 83.2 Å². The first-order valence-electron chi connectivity index (χ1n) is 5.24. The van der Waals surface area contributed by atoms with Crippen molar-refractivity contribution in [1.82, 2.24) is 0 Å². The minimum Gasteiger partial charge on any atom is -0.377 e. The first kappa shape index (κ1) is 12.7. The van der Waals surface area contributed by atoms with Crippen molar-refractivity contribution in [3.8, 4) is 0 Å². The van der Waals surface area contributed by atoms with Crippen molar-refractivity contribution >= 4 is 0 Å². The number of hydrogen-bond acceptors (Lipinski definition) is 1. The van der Waals surface area contributed by atoms with E-state index in [0.717, 1.165) is 19.4 Å². The Morgan fingerprint density at radius 2 is 2.00 bits per heavy atom. The van der Waals surface area contributed by atoms with Gasteiger partial charge >= 0.3 is 0 Å². The molecule has 0 N–H and O–H groups in total. The summed E-state index contributed by atoms with van der Waals surface area (Å²) in [7, 11) is 0. The molecule has 0 saturated heterocycles. The summed E-state index contributed by atoms with van der Waals surface area (Å²) in [6.45, 7) is 13.5. The van der Waals surface area contributed by atoms with E-state index in [-0.39, 0.29) is 5.41 Å². The molecule has 0 aromatic carbocycles. The van der Waals surface area contributed by atoms with Gasteiger partial charge in [-0.2, -0.15) is 0 Å². The van der Waals surface area contributed by atoms with Gasteiger partial charge < -0.3 is 4.74 Å². The fourth-order valence-corrected chi connectivity index (χ4v) is 1.19. The van der Waals surface area contributed by atoms with E-state index >= 15 is 0 Å². The summed E-state index contributed by atoms with van der Waals surface area (Å²) in [6, 6.07) is 0. The molecule has 0 rings (SSSR count). The van der Waals surface area contributed by atoms with Crippen LogP contribution in [0.25, 0.3) is 0 Å². The second-order valence-corrected chi connectivity index (χ2v) is 4.60. The zero-order chi connectivity index (χ0) is 10.3. The molecule has 13 heavy (non-hydrogen) atoms. The van der Waals surface area contributed by atoms with Gasteiger partial charge in [-0.25, -0.2) is 0 Å². The van der Waals surface area contributed by atoms with Crippen molar-refractivity contribution in [2.45, 2.75) is 53.1 Å². The molecule has 0 amide bonds. The number of ether oxygens (including phenoxy) is 1. The van der Waals surface area contributed by atoms with Gasteiger partial charge in [0.1, 0.15) is 0 Å². The van der Waals surface area contributed by atoms with Gasteiger partial charge in [0.05, 0.1) is 6.10 Å². The van der Waals surface area contributed by atoms with Crippen LogP contribution in [-0.2, 0) is 4.74 Å². The molecule has 1 atom stereocenters. The SMILES string of the molecule is C=CCC(OCCCC)C(C)(C)C. The molecule has 0 heterocycles. The van der Waals surface area contributed by atoms with E-state index in [2.05, 4.69) is 34.3 Å². The van der Waals surface area contributed by atoms with E-state index in [0.29, 0.717) is 6.10 Å². The van der Waals surface area contributed by atoms with Crippen LogP contribution < -0.4 is 0 Å². The molecule has 78 valence electrons. The average molecular weight is 184 g/mol. The van der Waals surface area contributed by atoms with Gasteiger partial charge in [0.2, 0.25) is 0 Å². The molecule has 0 aliphatic rings. The van der Waals surface area contributed by atoms with Gasteiger partial charge in [0, 0.05) is 6.61 Å². The predicted octanol–water partition coefficient (Wildman–Crippen LogP) is 3.79. The van der Waals surface area contributed by atoms with Crippen LogP contribution in [0.2, 0.25) is 0 Å². The highest BCUT2D eigenvalue weighted by Gasteiger charge is 2.23. The molecule has 0 aromatic heterocycles. The summed E-state index contributed by atoms with van der Waals surface area (Å²) in [5, 5.41) is 0. The van der Waals surface area contributed by atoms with Crippen molar-refractivity contribution in [3.05, 3.63) is 12.7 Å². The van der Waals surface area contributed by atoms with Gasteiger partial charge in [0.15, 0.2) is 0 Å². The minimum absolute atomic E-state index is 0.224. The maximum absolute atomic E-state index is 5.82. The highest BCUT2D eigenvalue weighted by atomic mass is 16.5. The summed E-state index contributed by atoms with van der Waals surface area (Å²) in [5.41, 5.74) is 0.224. The Hall–Kier alpha value is -0.300. The molecule has 1 nitrogen and oxygen atoms in total. The molecule has 1 unspecified atom stereocenters. The Morgan fingerprint density at radius 1 is 1.38 bits per heavy atom. The maximum Gasteiger partial charge on any atom is 0.0657 e. The van der Waals surface area contributed by atoms with Crippen molar-refractivity contribution in [2.75, 3.05) is 6.61 Å². The summed E-state index contributed by atoms with van der Waals surface area (Å²) < 4.78 is 5.82.